The third-order valence-electron chi connectivity index (χ3n) is 1.62. The van der Waals surface area contributed by atoms with Crippen molar-refractivity contribution in [3.05, 3.63) is 0 Å². The van der Waals surface area contributed by atoms with Gasteiger partial charge in [0.2, 0.25) is 6.19 Å². The summed E-state index contributed by atoms with van der Waals surface area (Å²) in [5.41, 5.74) is 1.35. The Labute approximate surface area is 72.5 Å². The number of rotatable bonds is 4. The Morgan fingerprint density at radius 2 is 2.25 bits per heavy atom. The van der Waals surface area contributed by atoms with Crippen LogP contribution in [0, 0.1) is 16.9 Å². The molecule has 4 heteroatoms. The van der Waals surface area contributed by atoms with E-state index in [1.807, 2.05) is 12.4 Å². The van der Waals surface area contributed by atoms with Gasteiger partial charge in [-0.3, -0.25) is 0 Å². The number of hydrogen-bond acceptors (Lipinski definition) is 4. The molecular weight excluding hydrogens is 156 g/mol. The molecule has 0 unspecified atom stereocenters. The zero-order valence-electron chi connectivity index (χ0n) is 7.68. The van der Waals surface area contributed by atoms with Crippen LogP contribution in [-0.4, -0.2) is 5.97 Å². The van der Waals surface area contributed by atoms with Crippen molar-refractivity contribution < 1.29 is 9.63 Å². The lowest BCUT2D eigenvalue weighted by atomic mass is 9.88. The van der Waals surface area contributed by atoms with Gasteiger partial charge >= 0.3 is 5.97 Å². The number of carbonyl (C=O) groups excluding carboxylic acids is 1. The van der Waals surface area contributed by atoms with Crippen LogP contribution < -0.4 is 5.48 Å². The van der Waals surface area contributed by atoms with Crippen molar-refractivity contribution in [1.82, 2.24) is 5.48 Å². The lowest BCUT2D eigenvalue weighted by Gasteiger charge is -2.19. The summed E-state index contributed by atoms with van der Waals surface area (Å²) in [5.74, 6) is -0.397. The average molecular weight is 170 g/mol. The maximum Gasteiger partial charge on any atom is 0.338 e. The highest BCUT2D eigenvalue weighted by molar-refractivity contribution is 5.75. The Morgan fingerprint density at radius 1 is 1.67 bits per heavy atom. The first kappa shape index (κ1) is 10.8. The van der Waals surface area contributed by atoms with E-state index in [0.29, 0.717) is 0 Å². The molecule has 0 saturated heterocycles. The smallest absolute Gasteiger partial charge is 0.333 e. The lowest BCUT2D eigenvalue weighted by Crippen LogP contribution is -2.30. The number of carbonyl (C=O) groups is 1. The van der Waals surface area contributed by atoms with Gasteiger partial charge in [-0.05, 0) is 20.3 Å². The minimum Gasteiger partial charge on any atom is -0.333 e. The van der Waals surface area contributed by atoms with E-state index < -0.39 is 11.4 Å². The molecule has 0 aliphatic carbocycles. The van der Waals surface area contributed by atoms with Crippen molar-refractivity contribution in [2.75, 3.05) is 0 Å². The van der Waals surface area contributed by atoms with Gasteiger partial charge in [-0.1, -0.05) is 13.3 Å². The van der Waals surface area contributed by atoms with Crippen LogP contribution in [0.5, 0.6) is 0 Å². The summed E-state index contributed by atoms with van der Waals surface area (Å²) < 4.78 is 0. The van der Waals surface area contributed by atoms with Crippen LogP contribution in [-0.2, 0) is 9.63 Å². The zero-order chi connectivity index (χ0) is 9.61. The quantitative estimate of drug-likeness (QED) is 0.393. The predicted molar refractivity (Wildman–Crippen MR) is 43.5 cm³/mol. The predicted octanol–water partition coefficient (Wildman–Crippen LogP) is 1.34. The first-order valence-corrected chi connectivity index (χ1v) is 3.90. The fraction of sp³-hybridized carbons (Fsp3) is 0.750. The van der Waals surface area contributed by atoms with Gasteiger partial charge in [-0.2, -0.15) is 10.7 Å². The molecule has 0 aromatic heterocycles. The maximum absolute atomic E-state index is 11.2. The molecule has 0 bridgehead atoms. The SMILES string of the molecule is CCCC(C)(C)C(=O)ONC#N. The summed E-state index contributed by atoms with van der Waals surface area (Å²) in [6, 6.07) is 0. The average Bonchev–Trinajstić information content (AvgIpc) is 2.00. The molecule has 0 aromatic rings. The molecule has 0 rings (SSSR count). The summed E-state index contributed by atoms with van der Waals surface area (Å²) in [7, 11) is 0. The van der Waals surface area contributed by atoms with Crippen LogP contribution in [0.3, 0.4) is 0 Å². The van der Waals surface area contributed by atoms with Crippen LogP contribution in [0.25, 0.3) is 0 Å². The second-order valence-corrected chi connectivity index (χ2v) is 3.24. The monoisotopic (exact) mass is 170 g/mol. The van der Waals surface area contributed by atoms with Crippen LogP contribution in [0.2, 0.25) is 0 Å². The summed E-state index contributed by atoms with van der Waals surface area (Å²) in [4.78, 5) is 15.6. The van der Waals surface area contributed by atoms with Crippen molar-refractivity contribution in [3.63, 3.8) is 0 Å². The third kappa shape index (κ3) is 3.24. The molecule has 0 heterocycles. The van der Waals surface area contributed by atoms with Gasteiger partial charge in [0.15, 0.2) is 0 Å². The van der Waals surface area contributed by atoms with E-state index in [1.54, 1.807) is 13.8 Å². The van der Waals surface area contributed by atoms with Crippen LogP contribution >= 0.6 is 0 Å². The molecule has 0 fully saturated rings. The van der Waals surface area contributed by atoms with Gasteiger partial charge < -0.3 is 4.84 Å². The number of nitrogens with one attached hydrogen (secondary N) is 1. The maximum atomic E-state index is 11.2. The third-order valence-corrected chi connectivity index (χ3v) is 1.62. The van der Waals surface area contributed by atoms with E-state index >= 15 is 0 Å². The molecule has 0 amide bonds. The molecule has 0 aromatic carbocycles. The van der Waals surface area contributed by atoms with Crippen molar-refractivity contribution in [2.24, 2.45) is 5.41 Å². The van der Waals surface area contributed by atoms with E-state index in [1.165, 1.54) is 6.19 Å². The Hall–Kier alpha value is -1.24. The molecular formula is C8H14N2O2. The molecule has 0 aliphatic rings. The zero-order valence-corrected chi connectivity index (χ0v) is 7.68. The van der Waals surface area contributed by atoms with Gasteiger partial charge in [0, 0.05) is 0 Å². The van der Waals surface area contributed by atoms with Crippen molar-refractivity contribution in [1.29, 1.82) is 5.26 Å². The van der Waals surface area contributed by atoms with E-state index in [4.69, 9.17) is 5.26 Å². The van der Waals surface area contributed by atoms with Crippen LogP contribution in [0.1, 0.15) is 33.6 Å². The Bertz CT molecular complexity index is 194. The summed E-state index contributed by atoms with van der Waals surface area (Å²) in [6.07, 6.45) is 3.18. The van der Waals surface area contributed by atoms with E-state index in [2.05, 4.69) is 4.84 Å². The van der Waals surface area contributed by atoms with E-state index in [0.717, 1.165) is 12.8 Å². The summed E-state index contributed by atoms with van der Waals surface area (Å²) in [6.45, 7) is 5.57. The van der Waals surface area contributed by atoms with Crippen molar-refractivity contribution in [3.8, 4) is 6.19 Å². The number of nitrogens with zero attached hydrogens (tertiary/aromatic N) is 1. The standard InChI is InChI=1S/C8H14N2O2/c1-4-5-8(2,3)7(11)12-10-6-9/h10H,4-5H2,1-3H3. The lowest BCUT2D eigenvalue weighted by molar-refractivity contribution is -0.159. The largest absolute Gasteiger partial charge is 0.338 e. The van der Waals surface area contributed by atoms with Crippen molar-refractivity contribution >= 4 is 5.97 Å². The molecule has 68 valence electrons. The molecule has 0 spiro atoms. The molecule has 1 N–H and O–H groups in total. The van der Waals surface area contributed by atoms with Crippen molar-refractivity contribution in [2.45, 2.75) is 33.6 Å². The van der Waals surface area contributed by atoms with E-state index in [-0.39, 0.29) is 0 Å². The molecule has 12 heavy (non-hydrogen) atoms. The summed E-state index contributed by atoms with van der Waals surface area (Å²) in [5, 5.41) is 8.07. The highest BCUT2D eigenvalue weighted by Gasteiger charge is 2.28. The van der Waals surface area contributed by atoms with E-state index in [9.17, 15) is 4.79 Å². The fourth-order valence-corrected chi connectivity index (χ4v) is 0.934. The molecule has 0 aliphatic heterocycles. The Kier molecular flexibility index (Phi) is 4.12. The topological polar surface area (TPSA) is 62.1 Å². The first-order chi connectivity index (χ1) is 5.54. The second-order valence-electron chi connectivity index (χ2n) is 3.24. The van der Waals surface area contributed by atoms with Gasteiger partial charge in [0.25, 0.3) is 0 Å². The van der Waals surface area contributed by atoms with Gasteiger partial charge in [0.05, 0.1) is 5.41 Å². The normalized spacial score (nSPS) is 10.2. The molecule has 0 atom stereocenters. The first-order valence-electron chi connectivity index (χ1n) is 3.90. The Morgan fingerprint density at radius 3 is 2.67 bits per heavy atom. The number of nitriles is 1. The highest BCUT2D eigenvalue weighted by Crippen LogP contribution is 2.23. The molecule has 0 saturated carbocycles. The minimum atomic E-state index is -0.515. The highest BCUT2D eigenvalue weighted by atomic mass is 16.7. The van der Waals surface area contributed by atoms with Gasteiger partial charge in [-0.15, -0.1) is 0 Å². The molecule has 4 nitrogen and oxygen atoms in total. The molecule has 0 radical (unpaired) electrons. The van der Waals surface area contributed by atoms with Crippen LogP contribution in [0.15, 0.2) is 0 Å². The second kappa shape index (κ2) is 4.60. The fourth-order valence-electron chi connectivity index (χ4n) is 0.934. The number of hydroxylamine groups is 1. The van der Waals surface area contributed by atoms with Gasteiger partial charge in [0.1, 0.15) is 0 Å². The van der Waals surface area contributed by atoms with Crippen LogP contribution in [0.4, 0.5) is 0 Å². The van der Waals surface area contributed by atoms with Gasteiger partial charge in [-0.25, -0.2) is 4.79 Å². The summed E-state index contributed by atoms with van der Waals surface area (Å²) >= 11 is 0. The Balaban J connectivity index is 3.99. The minimum absolute atomic E-state index is 0.397. The number of hydrogen-bond donors (Lipinski definition) is 1.